The average Bonchev–Trinajstić information content (AvgIpc) is 2.51. The van der Waals surface area contributed by atoms with Crippen LogP contribution in [0.1, 0.15) is 6.42 Å². The predicted molar refractivity (Wildman–Crippen MR) is 49.8 cm³/mol. The minimum atomic E-state index is -0.182. The number of carbonyl (C=O) groups is 1. The van der Waals surface area contributed by atoms with E-state index < -0.39 is 0 Å². The van der Waals surface area contributed by atoms with E-state index in [0.717, 1.165) is 19.5 Å². The maximum atomic E-state index is 11.1. The van der Waals surface area contributed by atoms with Crippen molar-refractivity contribution in [2.75, 3.05) is 20.2 Å². The lowest BCUT2D eigenvalue weighted by molar-refractivity contribution is 0.133. The molecule has 1 aliphatic rings. The van der Waals surface area contributed by atoms with E-state index in [1.165, 1.54) is 7.11 Å². The summed E-state index contributed by atoms with van der Waals surface area (Å²) in [6.07, 6.45) is 0.936. The van der Waals surface area contributed by atoms with Crippen molar-refractivity contribution in [3.8, 4) is 0 Å². The molecule has 1 fully saturated rings. The molecule has 0 spiro atoms. The quantitative estimate of drug-likeness (QED) is 0.557. The Hall–Kier alpha value is -0.665. The molecule has 0 N–H and O–H groups in total. The third-order valence-electron chi connectivity index (χ3n) is 2.60. The van der Waals surface area contributed by atoms with Crippen LogP contribution < -0.4 is 0 Å². The number of nitrogens with zero attached hydrogens (tertiary/aromatic N) is 1. The summed E-state index contributed by atoms with van der Waals surface area (Å²) in [4.78, 5) is 12.9. The van der Waals surface area contributed by atoms with Gasteiger partial charge in [-0.3, -0.25) is 0 Å². The van der Waals surface area contributed by atoms with Crippen molar-refractivity contribution in [3.05, 3.63) is 0 Å². The van der Waals surface area contributed by atoms with Crippen molar-refractivity contribution in [2.45, 2.75) is 25.9 Å². The van der Waals surface area contributed by atoms with Crippen LogP contribution >= 0.6 is 0 Å². The molecule has 1 heterocycles. The van der Waals surface area contributed by atoms with Gasteiger partial charge in [0.1, 0.15) is 6.71 Å². The molecule has 1 amide bonds. The van der Waals surface area contributed by atoms with Gasteiger partial charge in [0.25, 0.3) is 0 Å². The molecule has 1 unspecified atom stereocenters. The third-order valence-corrected chi connectivity index (χ3v) is 2.60. The smallest absolute Gasteiger partial charge is 0.409 e. The first-order valence-corrected chi connectivity index (χ1v) is 4.48. The molecule has 12 heavy (non-hydrogen) atoms. The summed E-state index contributed by atoms with van der Waals surface area (Å²) in [5.41, 5.74) is 0. The monoisotopic (exact) mass is 169 g/mol. The minimum absolute atomic E-state index is 0.182. The molecule has 68 valence electrons. The maximum absolute atomic E-state index is 11.1. The number of likely N-dealkylation sites (tertiary alicyclic amines) is 1. The van der Waals surface area contributed by atoms with Crippen LogP contribution in [0.25, 0.3) is 0 Å². The van der Waals surface area contributed by atoms with Gasteiger partial charge >= 0.3 is 6.09 Å². The Labute approximate surface area is 74.1 Å². The van der Waals surface area contributed by atoms with E-state index in [-0.39, 0.29) is 6.09 Å². The summed E-state index contributed by atoms with van der Waals surface area (Å²) in [6, 6.07) is 0. The largest absolute Gasteiger partial charge is 0.453 e. The lowest BCUT2D eigenvalue weighted by Crippen LogP contribution is -2.29. The van der Waals surface area contributed by atoms with E-state index in [2.05, 4.69) is 18.4 Å². The predicted octanol–water partition coefficient (Wildman–Crippen LogP) is 1.58. The van der Waals surface area contributed by atoms with Gasteiger partial charge in [-0.1, -0.05) is 13.6 Å². The van der Waals surface area contributed by atoms with E-state index in [4.69, 9.17) is 0 Å². The summed E-state index contributed by atoms with van der Waals surface area (Å²) in [5.74, 6) is 0.657. The Morgan fingerprint density at radius 1 is 1.58 bits per heavy atom. The fourth-order valence-electron chi connectivity index (χ4n) is 1.63. The van der Waals surface area contributed by atoms with Crippen molar-refractivity contribution in [3.63, 3.8) is 0 Å². The first kappa shape index (κ1) is 9.42. The van der Waals surface area contributed by atoms with Crippen LogP contribution in [-0.2, 0) is 4.74 Å². The van der Waals surface area contributed by atoms with E-state index >= 15 is 0 Å². The van der Waals surface area contributed by atoms with Crippen molar-refractivity contribution < 1.29 is 9.53 Å². The highest BCUT2D eigenvalue weighted by Gasteiger charge is 2.29. The summed E-state index contributed by atoms with van der Waals surface area (Å²) in [5, 5.41) is 0. The van der Waals surface area contributed by atoms with Crippen LogP contribution in [0.15, 0.2) is 0 Å². The molecule has 0 saturated carbocycles. The fourth-order valence-corrected chi connectivity index (χ4v) is 1.63. The van der Waals surface area contributed by atoms with Gasteiger partial charge < -0.3 is 9.64 Å². The topological polar surface area (TPSA) is 29.5 Å². The number of hydrogen-bond acceptors (Lipinski definition) is 2. The van der Waals surface area contributed by atoms with E-state index in [9.17, 15) is 4.79 Å². The highest BCUT2D eigenvalue weighted by molar-refractivity contribution is 6.57. The molecule has 0 aromatic heterocycles. The first-order valence-electron chi connectivity index (χ1n) is 4.48. The Kier molecular flexibility index (Phi) is 3.01. The molecule has 0 aromatic carbocycles. The molecule has 1 rings (SSSR count). The summed E-state index contributed by atoms with van der Waals surface area (Å²) in [6.45, 7) is 6.79. The molecule has 0 radical (unpaired) electrons. The van der Waals surface area contributed by atoms with E-state index in [1.54, 1.807) is 4.90 Å². The molecule has 1 atom stereocenters. The van der Waals surface area contributed by atoms with Crippen LogP contribution in [-0.4, -0.2) is 37.9 Å². The molecule has 0 bridgehead atoms. The van der Waals surface area contributed by atoms with E-state index in [1.807, 2.05) is 0 Å². The highest BCUT2D eigenvalue weighted by Crippen LogP contribution is 2.24. The van der Waals surface area contributed by atoms with Crippen LogP contribution in [0.4, 0.5) is 4.79 Å². The SMILES string of the molecule is COC(=O)N1CCC(B(C)C)C1. The normalized spacial score (nSPS) is 22.6. The van der Waals surface area contributed by atoms with Crippen molar-refractivity contribution in [2.24, 2.45) is 0 Å². The number of hydrogen-bond donors (Lipinski definition) is 0. The van der Waals surface area contributed by atoms with Crippen LogP contribution in [0.3, 0.4) is 0 Å². The van der Waals surface area contributed by atoms with Gasteiger partial charge in [-0.05, 0) is 12.2 Å². The van der Waals surface area contributed by atoms with Gasteiger partial charge in [-0.15, -0.1) is 0 Å². The zero-order valence-electron chi connectivity index (χ0n) is 8.04. The summed E-state index contributed by atoms with van der Waals surface area (Å²) < 4.78 is 4.65. The molecule has 4 heteroatoms. The summed E-state index contributed by atoms with van der Waals surface area (Å²) >= 11 is 0. The second kappa shape index (κ2) is 3.83. The second-order valence-electron chi connectivity index (χ2n) is 3.71. The Balaban J connectivity index is 2.40. The van der Waals surface area contributed by atoms with Crippen LogP contribution in [0.5, 0.6) is 0 Å². The van der Waals surface area contributed by atoms with Crippen LogP contribution in [0.2, 0.25) is 19.5 Å². The third kappa shape index (κ3) is 1.93. The van der Waals surface area contributed by atoms with Crippen molar-refractivity contribution in [1.29, 1.82) is 0 Å². The van der Waals surface area contributed by atoms with Crippen molar-refractivity contribution in [1.82, 2.24) is 4.90 Å². The number of carbonyl (C=O) groups excluding carboxylic acids is 1. The molecule has 1 saturated heterocycles. The van der Waals surface area contributed by atoms with Gasteiger partial charge in [0.05, 0.1) is 7.11 Å². The fraction of sp³-hybridized carbons (Fsp3) is 0.875. The Morgan fingerprint density at radius 2 is 2.25 bits per heavy atom. The van der Waals surface area contributed by atoms with Crippen molar-refractivity contribution >= 4 is 12.8 Å². The lowest BCUT2D eigenvalue weighted by Gasteiger charge is -2.15. The van der Waals surface area contributed by atoms with Gasteiger partial charge in [-0.25, -0.2) is 4.79 Å². The number of rotatable bonds is 1. The standard InChI is InChI=1S/C8H16BNO2/c1-9(2)7-4-5-10(6-7)8(11)12-3/h7H,4-6H2,1-3H3. The molecule has 0 aromatic rings. The lowest BCUT2D eigenvalue weighted by atomic mass is 9.45. The zero-order valence-corrected chi connectivity index (χ0v) is 8.04. The Morgan fingerprint density at radius 3 is 2.67 bits per heavy atom. The zero-order chi connectivity index (χ0) is 9.14. The van der Waals surface area contributed by atoms with Gasteiger partial charge in [0, 0.05) is 13.1 Å². The number of ether oxygens (including phenoxy) is 1. The highest BCUT2D eigenvalue weighted by atomic mass is 16.5. The average molecular weight is 169 g/mol. The van der Waals surface area contributed by atoms with E-state index in [0.29, 0.717) is 12.5 Å². The molecular weight excluding hydrogens is 153 g/mol. The second-order valence-corrected chi connectivity index (χ2v) is 3.71. The molecule has 0 aliphatic carbocycles. The molecule has 1 aliphatic heterocycles. The summed E-state index contributed by atoms with van der Waals surface area (Å²) in [7, 11) is 1.44. The molecular formula is C8H16BNO2. The van der Waals surface area contributed by atoms with Crippen LogP contribution in [0, 0.1) is 0 Å². The Bertz CT molecular complexity index is 172. The van der Waals surface area contributed by atoms with Gasteiger partial charge in [0.15, 0.2) is 0 Å². The minimum Gasteiger partial charge on any atom is -0.453 e. The first-order chi connectivity index (χ1) is 5.65. The van der Waals surface area contributed by atoms with Gasteiger partial charge in [0.2, 0.25) is 0 Å². The number of methoxy groups -OCH3 is 1. The van der Waals surface area contributed by atoms with Gasteiger partial charge in [-0.2, -0.15) is 0 Å². The maximum Gasteiger partial charge on any atom is 0.409 e. The number of amides is 1. The molecule has 3 nitrogen and oxygen atoms in total.